The van der Waals surface area contributed by atoms with Crippen molar-refractivity contribution in [3.05, 3.63) is 72.1 Å². The molecule has 1 aliphatic heterocycles. The number of aromatic nitrogens is 5. The number of aromatic amines is 2. The summed E-state index contributed by atoms with van der Waals surface area (Å²) in [6, 6.07) is 17.4. The van der Waals surface area contributed by atoms with Crippen LogP contribution in [0.2, 0.25) is 0 Å². The second kappa shape index (κ2) is 7.88. The van der Waals surface area contributed by atoms with Crippen LogP contribution in [0, 0.1) is 0 Å². The Bertz CT molecular complexity index is 2060. The molecule has 7 aromatic rings. The number of H-pyrrole nitrogens is 2. The largest absolute Gasteiger partial charge is 0.485 e. The molecule has 0 fully saturated rings. The summed E-state index contributed by atoms with van der Waals surface area (Å²) >= 11 is 1.77. The molecular weight excluding hydrogens is 490 g/mol. The fraction of sp³-hybridized carbons (Fsp3) is 0.194. The number of fused-ring (bicyclic) bond motifs is 11. The van der Waals surface area contributed by atoms with Crippen molar-refractivity contribution in [3.8, 4) is 27.4 Å². The highest BCUT2D eigenvalue weighted by molar-refractivity contribution is 7.22. The monoisotopic (exact) mass is 515 g/mol. The third kappa shape index (κ3) is 3.02. The fourth-order valence-corrected chi connectivity index (χ4v) is 6.78. The van der Waals surface area contributed by atoms with E-state index >= 15 is 0 Å². The number of hydrogen-bond acceptors (Lipinski definition) is 5. The maximum atomic E-state index is 6.31. The Morgan fingerprint density at radius 2 is 1.89 bits per heavy atom. The van der Waals surface area contributed by atoms with Crippen molar-refractivity contribution in [1.82, 2.24) is 24.9 Å². The summed E-state index contributed by atoms with van der Waals surface area (Å²) in [7, 11) is 0. The topological polar surface area (TPSA) is 79.5 Å². The van der Waals surface area contributed by atoms with Crippen molar-refractivity contribution in [2.24, 2.45) is 0 Å². The van der Waals surface area contributed by atoms with Gasteiger partial charge in [-0.2, -0.15) is 0 Å². The molecule has 7 heteroatoms. The minimum absolute atomic E-state index is 0.344. The Hall–Kier alpha value is -4.23. The van der Waals surface area contributed by atoms with Gasteiger partial charge in [-0.25, -0.2) is 9.97 Å². The first-order valence-corrected chi connectivity index (χ1v) is 13.9. The Kier molecular flexibility index (Phi) is 4.53. The number of pyridine rings is 1. The van der Waals surface area contributed by atoms with Crippen LogP contribution in [0.3, 0.4) is 0 Å². The molecule has 4 aromatic heterocycles. The number of thiophene rings is 1. The van der Waals surface area contributed by atoms with E-state index in [0.29, 0.717) is 12.5 Å². The summed E-state index contributed by atoms with van der Waals surface area (Å²) in [5, 5.41) is 4.55. The van der Waals surface area contributed by atoms with Crippen LogP contribution in [0.1, 0.15) is 44.0 Å². The summed E-state index contributed by atoms with van der Waals surface area (Å²) in [5.41, 5.74) is 7.38. The fourth-order valence-electron chi connectivity index (χ4n) is 5.63. The molecule has 2 N–H and O–H groups in total. The van der Waals surface area contributed by atoms with E-state index in [1.807, 2.05) is 12.3 Å². The van der Waals surface area contributed by atoms with Gasteiger partial charge in [0.2, 0.25) is 0 Å². The van der Waals surface area contributed by atoms with Gasteiger partial charge in [-0.05, 0) is 41.3 Å². The number of nitrogens with one attached hydrogen (secondary N) is 2. The zero-order chi connectivity index (χ0) is 25.5. The molecule has 5 heterocycles. The van der Waals surface area contributed by atoms with Crippen molar-refractivity contribution >= 4 is 54.1 Å². The van der Waals surface area contributed by atoms with E-state index in [0.717, 1.165) is 78.2 Å². The second-order valence-corrected chi connectivity index (χ2v) is 11.3. The molecule has 0 bridgehead atoms. The lowest BCUT2D eigenvalue weighted by atomic mass is 10.0. The van der Waals surface area contributed by atoms with Crippen LogP contribution in [0.15, 0.2) is 54.7 Å². The average molecular weight is 516 g/mol. The first-order valence-electron chi connectivity index (χ1n) is 13.1. The van der Waals surface area contributed by atoms with Gasteiger partial charge in [0.05, 0.1) is 32.6 Å². The quantitative estimate of drug-likeness (QED) is 0.233. The summed E-state index contributed by atoms with van der Waals surface area (Å²) in [4.78, 5) is 22.8. The third-order valence-electron chi connectivity index (χ3n) is 7.58. The number of rotatable bonds is 3. The van der Waals surface area contributed by atoms with Crippen molar-refractivity contribution in [2.45, 2.75) is 39.7 Å². The van der Waals surface area contributed by atoms with Crippen molar-refractivity contribution in [2.75, 3.05) is 0 Å². The van der Waals surface area contributed by atoms with E-state index in [4.69, 9.17) is 19.7 Å². The van der Waals surface area contributed by atoms with Crippen molar-refractivity contribution in [3.63, 3.8) is 0 Å². The third-order valence-corrected chi connectivity index (χ3v) is 8.78. The molecule has 6 nitrogen and oxygen atoms in total. The SMILES string of the molecule is CCc1nc2c3cccnc3c3cc(-c4cc5ccc6c(c5s4)OCc4[nH]c(C(C)C)nc4-6)ccc3c2[nH]1. The van der Waals surface area contributed by atoms with E-state index in [9.17, 15) is 0 Å². The molecule has 8 rings (SSSR count). The Labute approximate surface area is 222 Å². The zero-order valence-electron chi connectivity index (χ0n) is 21.3. The zero-order valence-corrected chi connectivity index (χ0v) is 22.2. The van der Waals surface area contributed by atoms with Crippen LogP contribution < -0.4 is 4.74 Å². The molecule has 0 unspecified atom stereocenters. The van der Waals surface area contributed by atoms with Gasteiger partial charge < -0.3 is 14.7 Å². The maximum Gasteiger partial charge on any atom is 0.147 e. The number of imidazole rings is 2. The average Bonchev–Trinajstić information content (AvgIpc) is 3.69. The molecule has 186 valence electrons. The molecule has 0 spiro atoms. The lowest BCUT2D eigenvalue weighted by Gasteiger charge is -2.17. The lowest BCUT2D eigenvalue weighted by Crippen LogP contribution is -2.05. The second-order valence-electron chi connectivity index (χ2n) is 10.3. The van der Waals surface area contributed by atoms with Gasteiger partial charge in [-0.3, -0.25) is 4.98 Å². The first kappa shape index (κ1) is 21.8. The van der Waals surface area contributed by atoms with E-state index < -0.39 is 0 Å². The molecular formula is C31H25N5OS. The van der Waals surface area contributed by atoms with E-state index in [2.05, 4.69) is 73.2 Å². The highest BCUT2D eigenvalue weighted by atomic mass is 32.1. The van der Waals surface area contributed by atoms with Crippen LogP contribution in [0.4, 0.5) is 0 Å². The molecule has 0 saturated carbocycles. The first-order chi connectivity index (χ1) is 18.6. The van der Waals surface area contributed by atoms with Crippen LogP contribution >= 0.6 is 11.3 Å². The van der Waals surface area contributed by atoms with Gasteiger partial charge >= 0.3 is 0 Å². The van der Waals surface area contributed by atoms with Gasteiger partial charge in [0.15, 0.2) is 0 Å². The molecule has 0 saturated heterocycles. The van der Waals surface area contributed by atoms with E-state index in [1.54, 1.807) is 11.3 Å². The molecule has 38 heavy (non-hydrogen) atoms. The minimum Gasteiger partial charge on any atom is -0.485 e. The molecule has 0 amide bonds. The predicted molar refractivity (Wildman–Crippen MR) is 155 cm³/mol. The molecule has 1 aliphatic rings. The Morgan fingerprint density at radius 1 is 0.974 bits per heavy atom. The lowest BCUT2D eigenvalue weighted by molar-refractivity contribution is 0.302. The van der Waals surface area contributed by atoms with Gasteiger partial charge in [-0.1, -0.05) is 39.0 Å². The molecule has 0 atom stereocenters. The number of aryl methyl sites for hydroxylation is 1. The van der Waals surface area contributed by atoms with Crippen molar-refractivity contribution in [1.29, 1.82) is 0 Å². The number of ether oxygens (including phenoxy) is 1. The highest BCUT2D eigenvalue weighted by Gasteiger charge is 2.25. The normalized spacial score (nSPS) is 13.1. The van der Waals surface area contributed by atoms with Gasteiger partial charge in [0, 0.05) is 45.1 Å². The van der Waals surface area contributed by atoms with E-state index in [1.165, 1.54) is 15.8 Å². The van der Waals surface area contributed by atoms with Gasteiger partial charge in [0.25, 0.3) is 0 Å². The minimum atomic E-state index is 0.344. The van der Waals surface area contributed by atoms with Gasteiger partial charge in [-0.15, -0.1) is 11.3 Å². The Morgan fingerprint density at radius 3 is 2.76 bits per heavy atom. The van der Waals surface area contributed by atoms with Crippen LogP contribution in [-0.4, -0.2) is 24.9 Å². The smallest absolute Gasteiger partial charge is 0.147 e. The standard InChI is InChI=1S/C31H25N5OS/c1-4-24-34-27-18-9-7-16(12-21(18)25-19(28(27)35-24)6-5-11-32-25)23-13-17-8-10-20-26-22(33-31(36-26)15(2)3)14-37-29(20)30(17)38-23/h5-13,15H,4,14H2,1-3H3,(H,33,36)(H,34,35). The number of benzene rings is 3. The van der Waals surface area contributed by atoms with E-state index in [-0.39, 0.29) is 0 Å². The number of hydrogen-bond donors (Lipinski definition) is 2. The molecule has 3 aromatic carbocycles. The van der Waals surface area contributed by atoms with Crippen LogP contribution in [-0.2, 0) is 13.0 Å². The summed E-state index contributed by atoms with van der Waals surface area (Å²) in [6.07, 6.45) is 2.73. The van der Waals surface area contributed by atoms with Gasteiger partial charge in [0.1, 0.15) is 24.0 Å². The Balaban J connectivity index is 1.32. The summed E-state index contributed by atoms with van der Waals surface area (Å²) < 4.78 is 7.48. The summed E-state index contributed by atoms with van der Waals surface area (Å²) in [5.74, 6) is 3.29. The van der Waals surface area contributed by atoms with Crippen molar-refractivity contribution < 1.29 is 4.74 Å². The highest BCUT2D eigenvalue weighted by Crippen LogP contribution is 2.47. The molecule has 0 radical (unpaired) electrons. The van der Waals surface area contributed by atoms with Crippen LogP contribution in [0.5, 0.6) is 5.75 Å². The maximum absolute atomic E-state index is 6.31. The summed E-state index contributed by atoms with van der Waals surface area (Å²) in [6.45, 7) is 6.95. The predicted octanol–water partition coefficient (Wildman–Crippen LogP) is 8.11. The molecule has 0 aliphatic carbocycles. The van der Waals surface area contributed by atoms with Crippen LogP contribution in [0.25, 0.3) is 64.5 Å². The number of nitrogens with zero attached hydrogens (tertiary/aromatic N) is 3.